The number of carbonyl (C=O) groups is 2. The molecule has 1 saturated carbocycles. The van der Waals surface area contributed by atoms with Crippen LogP contribution >= 0.6 is 0 Å². The Bertz CT molecular complexity index is 1160. The first-order valence-corrected chi connectivity index (χ1v) is 11.8. The number of hydrogen-bond acceptors (Lipinski definition) is 5. The van der Waals surface area contributed by atoms with Gasteiger partial charge in [0.25, 0.3) is 5.91 Å². The summed E-state index contributed by atoms with van der Waals surface area (Å²) in [4.78, 5) is 29.0. The largest absolute Gasteiger partial charge is 0.380 e. The van der Waals surface area contributed by atoms with Gasteiger partial charge in [-0.05, 0) is 77.0 Å². The van der Waals surface area contributed by atoms with Crippen LogP contribution in [0, 0.1) is 12.8 Å². The van der Waals surface area contributed by atoms with Crippen LogP contribution in [0.1, 0.15) is 68.8 Å². The molecule has 1 aliphatic rings. The first kappa shape index (κ1) is 23.0. The number of aromatic nitrogens is 3. The lowest BCUT2D eigenvalue weighted by atomic mass is 9.83. The summed E-state index contributed by atoms with van der Waals surface area (Å²) in [5, 5.41) is 11.2. The minimum atomic E-state index is -0.108. The molecule has 0 unspecified atom stereocenters. The van der Waals surface area contributed by atoms with E-state index in [9.17, 15) is 9.59 Å². The van der Waals surface area contributed by atoms with Gasteiger partial charge in [0.05, 0.1) is 23.0 Å². The molecule has 0 aliphatic heterocycles. The minimum Gasteiger partial charge on any atom is -0.380 e. The first-order valence-electron chi connectivity index (χ1n) is 11.8. The fraction of sp³-hybridized carbons (Fsp3) is 0.462. The lowest BCUT2D eigenvalue weighted by Crippen LogP contribution is -2.38. The predicted molar refractivity (Wildman–Crippen MR) is 130 cm³/mol. The molecule has 0 bridgehead atoms. The van der Waals surface area contributed by atoms with Crippen molar-refractivity contribution in [1.29, 1.82) is 0 Å². The van der Waals surface area contributed by atoms with Crippen molar-refractivity contribution < 1.29 is 9.59 Å². The van der Waals surface area contributed by atoms with E-state index in [0.29, 0.717) is 17.9 Å². The Morgan fingerprint density at radius 1 is 1.18 bits per heavy atom. The number of hydrogen-bond donors (Lipinski definition) is 2. The van der Waals surface area contributed by atoms with Gasteiger partial charge >= 0.3 is 0 Å². The average molecular weight is 448 g/mol. The van der Waals surface area contributed by atoms with Crippen LogP contribution in [0.15, 0.2) is 36.9 Å². The van der Waals surface area contributed by atoms with Crippen molar-refractivity contribution in [3.8, 4) is 11.1 Å². The Labute approximate surface area is 195 Å². The quantitative estimate of drug-likeness (QED) is 0.543. The number of ketones is 1. The summed E-state index contributed by atoms with van der Waals surface area (Å²) in [7, 11) is 0. The van der Waals surface area contributed by atoms with E-state index in [-0.39, 0.29) is 23.8 Å². The highest BCUT2D eigenvalue weighted by molar-refractivity contribution is 6.03. The highest BCUT2D eigenvalue weighted by Gasteiger charge is 2.25. The van der Waals surface area contributed by atoms with Crippen LogP contribution in [-0.2, 0) is 4.79 Å². The van der Waals surface area contributed by atoms with Crippen LogP contribution in [0.5, 0.6) is 0 Å². The Hall–Kier alpha value is -3.22. The van der Waals surface area contributed by atoms with Gasteiger partial charge in [-0.25, -0.2) is 4.52 Å². The first-order chi connectivity index (χ1) is 15.8. The molecule has 7 heteroatoms. The second kappa shape index (κ2) is 9.73. The fourth-order valence-corrected chi connectivity index (χ4v) is 4.76. The summed E-state index contributed by atoms with van der Waals surface area (Å²) >= 11 is 0. The van der Waals surface area contributed by atoms with E-state index in [1.165, 1.54) is 0 Å². The molecule has 3 aromatic heterocycles. The van der Waals surface area contributed by atoms with Crippen molar-refractivity contribution in [2.24, 2.45) is 5.92 Å². The fourth-order valence-electron chi connectivity index (χ4n) is 4.76. The highest BCUT2D eigenvalue weighted by atomic mass is 16.1. The second-order valence-corrected chi connectivity index (χ2v) is 9.58. The van der Waals surface area contributed by atoms with Crippen LogP contribution in [0.25, 0.3) is 16.6 Å². The lowest BCUT2D eigenvalue weighted by Gasteiger charge is -2.29. The van der Waals surface area contributed by atoms with Gasteiger partial charge in [0.2, 0.25) is 0 Å². The van der Waals surface area contributed by atoms with Crippen molar-refractivity contribution >= 4 is 22.9 Å². The average Bonchev–Trinajstić information content (AvgIpc) is 3.19. The van der Waals surface area contributed by atoms with E-state index in [1.54, 1.807) is 19.3 Å². The van der Waals surface area contributed by atoms with E-state index < -0.39 is 0 Å². The number of nitrogens with one attached hydrogen (secondary N) is 2. The summed E-state index contributed by atoms with van der Waals surface area (Å²) in [6.45, 7) is 7.83. The van der Waals surface area contributed by atoms with Crippen molar-refractivity contribution in [2.75, 3.05) is 5.32 Å². The minimum absolute atomic E-state index is 0.108. The van der Waals surface area contributed by atoms with Gasteiger partial charge in [0, 0.05) is 48.2 Å². The van der Waals surface area contributed by atoms with Gasteiger partial charge in [-0.15, -0.1) is 0 Å². The molecule has 3 heterocycles. The molecule has 0 saturated heterocycles. The Balaban J connectivity index is 1.60. The van der Waals surface area contributed by atoms with Crippen molar-refractivity contribution in [1.82, 2.24) is 19.9 Å². The molecule has 1 aliphatic carbocycles. The topological polar surface area (TPSA) is 88.4 Å². The van der Waals surface area contributed by atoms with E-state index in [4.69, 9.17) is 0 Å². The molecule has 1 amide bonds. The SMILES string of the molecule is CC(=O)CC1CCC(NC(=O)c2cnn3cc(-c4cnccc4C)cc3c2NC(C)C)CC1. The van der Waals surface area contributed by atoms with Gasteiger partial charge in [-0.1, -0.05) is 0 Å². The molecule has 7 nitrogen and oxygen atoms in total. The van der Waals surface area contributed by atoms with Gasteiger partial charge < -0.3 is 15.4 Å². The van der Waals surface area contributed by atoms with Crippen LogP contribution in [0.3, 0.4) is 0 Å². The number of Topliss-reactive ketones (excluding diaryl/α,β-unsaturated/α-hetero) is 1. The lowest BCUT2D eigenvalue weighted by molar-refractivity contribution is -0.118. The maximum Gasteiger partial charge on any atom is 0.255 e. The molecule has 174 valence electrons. The Kier molecular flexibility index (Phi) is 6.77. The van der Waals surface area contributed by atoms with E-state index in [1.807, 2.05) is 23.0 Å². The molecular formula is C26H33N5O2. The van der Waals surface area contributed by atoms with Gasteiger partial charge in [-0.3, -0.25) is 9.78 Å². The molecule has 0 radical (unpaired) electrons. The zero-order valence-corrected chi connectivity index (χ0v) is 19.9. The molecule has 0 aromatic carbocycles. The number of carbonyl (C=O) groups excluding carboxylic acids is 2. The molecule has 33 heavy (non-hydrogen) atoms. The maximum absolute atomic E-state index is 13.3. The maximum atomic E-state index is 13.3. The third-order valence-corrected chi connectivity index (χ3v) is 6.42. The van der Waals surface area contributed by atoms with Crippen molar-refractivity contribution in [3.05, 3.63) is 48.0 Å². The predicted octanol–water partition coefficient (Wildman–Crippen LogP) is 4.79. The number of amides is 1. The molecule has 0 atom stereocenters. The molecule has 1 fully saturated rings. The number of pyridine rings is 1. The summed E-state index contributed by atoms with van der Waals surface area (Å²) in [5.41, 5.74) is 5.40. The second-order valence-electron chi connectivity index (χ2n) is 9.58. The molecule has 0 spiro atoms. The number of anilines is 1. The normalized spacial score (nSPS) is 18.5. The Morgan fingerprint density at radius 3 is 2.61 bits per heavy atom. The third-order valence-electron chi connectivity index (χ3n) is 6.42. The van der Waals surface area contributed by atoms with E-state index >= 15 is 0 Å². The van der Waals surface area contributed by atoms with Crippen LogP contribution < -0.4 is 10.6 Å². The summed E-state index contributed by atoms with van der Waals surface area (Å²) in [5.74, 6) is 0.588. The summed E-state index contributed by atoms with van der Waals surface area (Å²) < 4.78 is 1.82. The van der Waals surface area contributed by atoms with Gasteiger partial charge in [0.1, 0.15) is 5.78 Å². The molecule has 3 aromatic rings. The third kappa shape index (κ3) is 5.24. The van der Waals surface area contributed by atoms with E-state index in [2.05, 4.69) is 47.6 Å². The summed E-state index contributed by atoms with van der Waals surface area (Å²) in [6.07, 6.45) is 11.7. The van der Waals surface area contributed by atoms with Gasteiger partial charge in [-0.2, -0.15) is 5.10 Å². The smallest absolute Gasteiger partial charge is 0.255 e. The standard InChI is InChI=1S/C26H33N5O2/c1-16(2)29-25-23(26(33)30-21-7-5-19(6-8-21)11-18(4)32)14-28-31-15-20(12-24(25)31)22-13-27-10-9-17(22)3/h9-10,12-16,19,21,29H,5-8,11H2,1-4H3,(H,30,33). The zero-order chi connectivity index (χ0) is 23.5. The monoisotopic (exact) mass is 447 g/mol. The van der Waals surface area contributed by atoms with Crippen molar-refractivity contribution in [3.63, 3.8) is 0 Å². The molecular weight excluding hydrogens is 414 g/mol. The zero-order valence-electron chi connectivity index (χ0n) is 19.9. The van der Waals surface area contributed by atoms with Crippen molar-refractivity contribution in [2.45, 2.75) is 71.9 Å². The number of rotatable bonds is 7. The van der Waals surface area contributed by atoms with E-state index in [0.717, 1.165) is 53.6 Å². The Morgan fingerprint density at radius 2 is 1.94 bits per heavy atom. The van der Waals surface area contributed by atoms with Crippen LogP contribution in [-0.4, -0.2) is 38.4 Å². The van der Waals surface area contributed by atoms with Gasteiger partial charge in [0.15, 0.2) is 0 Å². The van der Waals surface area contributed by atoms with Crippen LogP contribution in [0.4, 0.5) is 5.69 Å². The number of fused-ring (bicyclic) bond motifs is 1. The molecule has 2 N–H and O–H groups in total. The summed E-state index contributed by atoms with van der Waals surface area (Å²) in [6, 6.07) is 4.33. The molecule has 4 rings (SSSR count). The number of aryl methyl sites for hydroxylation is 1. The van der Waals surface area contributed by atoms with Crippen LogP contribution in [0.2, 0.25) is 0 Å². The number of nitrogens with zero attached hydrogens (tertiary/aromatic N) is 3. The highest BCUT2D eigenvalue weighted by Crippen LogP contribution is 2.31.